The van der Waals surface area contributed by atoms with E-state index >= 15 is 0 Å². The quantitative estimate of drug-likeness (QED) is 0.824. The van der Waals surface area contributed by atoms with Crippen molar-refractivity contribution in [2.24, 2.45) is 0 Å². The van der Waals surface area contributed by atoms with Crippen LogP contribution < -0.4 is 10.1 Å². The monoisotopic (exact) mass is 281 g/mol. The summed E-state index contributed by atoms with van der Waals surface area (Å²) in [5.41, 5.74) is 2.54. The van der Waals surface area contributed by atoms with Gasteiger partial charge in [-0.15, -0.1) is 0 Å². The summed E-state index contributed by atoms with van der Waals surface area (Å²) in [6, 6.07) is 19.6. The molecule has 21 heavy (non-hydrogen) atoms. The van der Waals surface area contributed by atoms with Gasteiger partial charge in [-0.25, -0.2) is 0 Å². The van der Waals surface area contributed by atoms with Crippen LogP contribution in [0.15, 0.2) is 54.6 Å². The lowest BCUT2D eigenvalue weighted by Gasteiger charge is -2.20. The molecule has 0 aromatic heterocycles. The van der Waals surface area contributed by atoms with E-state index in [4.69, 9.17) is 4.74 Å². The third-order valence-corrected chi connectivity index (χ3v) is 3.93. The van der Waals surface area contributed by atoms with Crippen LogP contribution in [0.1, 0.15) is 37.0 Å². The van der Waals surface area contributed by atoms with Gasteiger partial charge in [0.15, 0.2) is 0 Å². The minimum Gasteiger partial charge on any atom is -0.484 e. The molecule has 0 radical (unpaired) electrons. The van der Waals surface area contributed by atoms with Crippen molar-refractivity contribution in [3.63, 3.8) is 0 Å². The second-order valence-corrected chi connectivity index (χ2v) is 5.70. The van der Waals surface area contributed by atoms with Gasteiger partial charge >= 0.3 is 0 Å². The Hall–Kier alpha value is -1.80. The smallest absolute Gasteiger partial charge is 0.136 e. The zero-order valence-electron chi connectivity index (χ0n) is 12.6. The van der Waals surface area contributed by atoms with E-state index in [0.29, 0.717) is 6.04 Å². The Morgan fingerprint density at radius 1 is 1.10 bits per heavy atom. The predicted molar refractivity (Wildman–Crippen MR) is 86.7 cm³/mol. The molecule has 2 aromatic rings. The Labute approximate surface area is 127 Å². The highest BCUT2D eigenvalue weighted by atomic mass is 16.5. The van der Waals surface area contributed by atoms with E-state index in [-0.39, 0.29) is 6.10 Å². The van der Waals surface area contributed by atoms with Crippen molar-refractivity contribution >= 4 is 0 Å². The van der Waals surface area contributed by atoms with Crippen molar-refractivity contribution < 1.29 is 4.74 Å². The highest BCUT2D eigenvalue weighted by Gasteiger charge is 2.23. The van der Waals surface area contributed by atoms with Crippen molar-refractivity contribution in [1.82, 2.24) is 5.32 Å². The van der Waals surface area contributed by atoms with E-state index in [9.17, 15) is 0 Å². The first-order chi connectivity index (χ1) is 10.3. The summed E-state index contributed by atoms with van der Waals surface area (Å²) in [6.07, 6.45) is 3.70. The molecule has 0 spiro atoms. The lowest BCUT2D eigenvalue weighted by molar-refractivity contribution is 0.201. The summed E-state index contributed by atoms with van der Waals surface area (Å²) in [4.78, 5) is 0. The standard InChI is InChI=1S/C19H23NO/c1-2-15-7-6-10-18(13-15)21-19(14-20-17-11-12-17)16-8-4-3-5-9-16/h3-10,13,17,19-20H,2,11-12,14H2,1H3. The lowest BCUT2D eigenvalue weighted by atomic mass is 10.1. The van der Waals surface area contributed by atoms with Gasteiger partial charge in [0.05, 0.1) is 0 Å². The number of nitrogens with one attached hydrogen (secondary N) is 1. The number of hydrogen-bond acceptors (Lipinski definition) is 2. The zero-order chi connectivity index (χ0) is 14.5. The van der Waals surface area contributed by atoms with Crippen LogP contribution >= 0.6 is 0 Å². The van der Waals surface area contributed by atoms with Crippen LogP contribution in [0.25, 0.3) is 0 Å². The predicted octanol–water partition coefficient (Wildman–Crippen LogP) is 4.12. The molecule has 1 aliphatic carbocycles. The van der Waals surface area contributed by atoms with Crippen molar-refractivity contribution in [3.8, 4) is 5.75 Å². The first kappa shape index (κ1) is 14.2. The maximum absolute atomic E-state index is 6.26. The van der Waals surface area contributed by atoms with Gasteiger partial charge in [-0.3, -0.25) is 0 Å². The van der Waals surface area contributed by atoms with Gasteiger partial charge < -0.3 is 10.1 Å². The Kier molecular flexibility index (Phi) is 4.56. The van der Waals surface area contributed by atoms with Crippen LogP contribution in [0, 0.1) is 0 Å². The Morgan fingerprint density at radius 3 is 2.62 bits per heavy atom. The lowest BCUT2D eigenvalue weighted by Crippen LogP contribution is -2.26. The number of rotatable bonds is 7. The summed E-state index contributed by atoms with van der Waals surface area (Å²) in [5, 5.41) is 3.58. The van der Waals surface area contributed by atoms with Gasteiger partial charge in [0.1, 0.15) is 11.9 Å². The van der Waals surface area contributed by atoms with Crippen LogP contribution in [0.3, 0.4) is 0 Å². The van der Waals surface area contributed by atoms with Crippen LogP contribution in [0.2, 0.25) is 0 Å². The third-order valence-electron chi connectivity index (χ3n) is 3.93. The molecule has 1 atom stereocenters. The Bertz CT molecular complexity index is 563. The summed E-state index contributed by atoms with van der Waals surface area (Å²) in [6.45, 7) is 3.04. The average Bonchev–Trinajstić information content (AvgIpc) is 3.37. The molecule has 1 aliphatic rings. The van der Waals surface area contributed by atoms with Crippen molar-refractivity contribution in [2.75, 3.05) is 6.54 Å². The largest absolute Gasteiger partial charge is 0.484 e. The maximum Gasteiger partial charge on any atom is 0.136 e. The van der Waals surface area contributed by atoms with Crippen molar-refractivity contribution in [1.29, 1.82) is 0 Å². The van der Waals surface area contributed by atoms with Gasteiger partial charge in [0, 0.05) is 12.6 Å². The highest BCUT2D eigenvalue weighted by molar-refractivity contribution is 5.30. The van der Waals surface area contributed by atoms with Gasteiger partial charge in [-0.05, 0) is 42.5 Å². The Balaban J connectivity index is 1.73. The molecule has 3 rings (SSSR count). The molecule has 2 heteroatoms. The molecule has 1 N–H and O–H groups in total. The van der Waals surface area contributed by atoms with Crippen LogP contribution in [0.5, 0.6) is 5.75 Å². The fourth-order valence-corrected chi connectivity index (χ4v) is 2.46. The molecule has 1 unspecified atom stereocenters. The fraction of sp³-hybridized carbons (Fsp3) is 0.368. The first-order valence-electron chi connectivity index (χ1n) is 7.89. The number of benzene rings is 2. The number of hydrogen-bond donors (Lipinski definition) is 1. The minimum atomic E-state index is 0.0684. The van der Waals surface area contributed by atoms with Gasteiger partial charge in [-0.1, -0.05) is 49.4 Å². The van der Waals surface area contributed by atoms with Gasteiger partial charge in [0.25, 0.3) is 0 Å². The van der Waals surface area contributed by atoms with E-state index in [0.717, 1.165) is 18.7 Å². The molecule has 1 saturated carbocycles. The molecule has 0 bridgehead atoms. The summed E-state index contributed by atoms with van der Waals surface area (Å²) >= 11 is 0. The topological polar surface area (TPSA) is 21.3 Å². The fourth-order valence-electron chi connectivity index (χ4n) is 2.46. The molecule has 0 heterocycles. The second-order valence-electron chi connectivity index (χ2n) is 5.70. The van der Waals surface area contributed by atoms with E-state index < -0.39 is 0 Å². The normalized spacial score (nSPS) is 15.7. The first-order valence-corrected chi connectivity index (χ1v) is 7.89. The molecule has 0 aliphatic heterocycles. The molecule has 1 fully saturated rings. The molecular weight excluding hydrogens is 258 g/mol. The van der Waals surface area contributed by atoms with Gasteiger partial charge in [-0.2, -0.15) is 0 Å². The maximum atomic E-state index is 6.26. The SMILES string of the molecule is CCc1cccc(OC(CNC2CC2)c2ccccc2)c1. The number of ether oxygens (including phenoxy) is 1. The van der Waals surface area contributed by atoms with Crippen molar-refractivity contribution in [3.05, 3.63) is 65.7 Å². The molecule has 0 saturated heterocycles. The van der Waals surface area contributed by atoms with E-state index in [1.54, 1.807) is 0 Å². The van der Waals surface area contributed by atoms with Crippen LogP contribution in [-0.2, 0) is 6.42 Å². The zero-order valence-corrected chi connectivity index (χ0v) is 12.6. The van der Waals surface area contributed by atoms with Gasteiger partial charge in [0.2, 0.25) is 0 Å². The molecular formula is C19H23NO. The highest BCUT2D eigenvalue weighted by Crippen LogP contribution is 2.25. The average molecular weight is 281 g/mol. The van der Waals surface area contributed by atoms with Crippen molar-refractivity contribution in [2.45, 2.75) is 38.3 Å². The van der Waals surface area contributed by atoms with E-state index in [1.807, 2.05) is 12.1 Å². The van der Waals surface area contributed by atoms with Crippen LogP contribution in [0.4, 0.5) is 0 Å². The van der Waals surface area contributed by atoms with E-state index in [1.165, 1.54) is 24.0 Å². The summed E-state index contributed by atoms with van der Waals surface area (Å²) in [5.74, 6) is 0.959. The third kappa shape index (κ3) is 4.08. The van der Waals surface area contributed by atoms with Crippen LogP contribution in [-0.4, -0.2) is 12.6 Å². The second kappa shape index (κ2) is 6.77. The Morgan fingerprint density at radius 2 is 1.90 bits per heavy atom. The molecule has 2 nitrogen and oxygen atoms in total. The summed E-state index contributed by atoms with van der Waals surface area (Å²) < 4.78 is 6.26. The number of aryl methyl sites for hydroxylation is 1. The molecule has 0 amide bonds. The molecule has 110 valence electrons. The van der Waals surface area contributed by atoms with E-state index in [2.05, 4.69) is 54.7 Å². The summed E-state index contributed by atoms with van der Waals surface area (Å²) in [7, 11) is 0. The minimum absolute atomic E-state index is 0.0684. The molecule has 2 aromatic carbocycles.